The zero-order chi connectivity index (χ0) is 25.2. The van der Waals surface area contributed by atoms with Crippen LogP contribution in [-0.4, -0.2) is 37.0 Å². The molecule has 1 aliphatic rings. The molecule has 8 heteroatoms. The molecule has 5 nitrogen and oxygen atoms in total. The smallest absolute Gasteiger partial charge is 0.241 e. The molecule has 33 heavy (non-hydrogen) atoms. The minimum Gasteiger partial charge on any atom is -0.400 e. The van der Waals surface area contributed by atoms with Crippen LogP contribution in [-0.2, 0) is 10.0 Å². The minimum absolute atomic E-state index is 0.219. The van der Waals surface area contributed by atoms with E-state index in [0.29, 0.717) is 16.8 Å². The molecule has 2 aromatic rings. The first-order valence-corrected chi connectivity index (χ1v) is 12.1. The molecule has 1 saturated heterocycles. The Hall–Kier alpha value is -2.55. The lowest BCUT2D eigenvalue weighted by Gasteiger charge is -2.48. The number of anilines is 1. The van der Waals surface area contributed by atoms with E-state index in [9.17, 15) is 22.3 Å². The molecule has 182 valence electrons. The molecule has 0 saturated carbocycles. The van der Waals surface area contributed by atoms with E-state index in [0.717, 1.165) is 13.5 Å². The van der Waals surface area contributed by atoms with E-state index in [-0.39, 0.29) is 12.8 Å². The van der Waals surface area contributed by atoms with Gasteiger partial charge in [0.15, 0.2) is 0 Å². The van der Waals surface area contributed by atoms with Gasteiger partial charge in [-0.25, -0.2) is 17.2 Å². The number of benzene rings is 2. The number of hydrogen-bond donors (Lipinski definition) is 2. The van der Waals surface area contributed by atoms with E-state index in [1.807, 2.05) is 6.08 Å². The number of sulfonamides is 1. The molecule has 2 aromatic carbocycles. The summed E-state index contributed by atoms with van der Waals surface area (Å²) in [7, 11) is -2.63. The molecule has 2 N–H and O–H groups in total. The Balaban J connectivity index is 0.000000820. The molecular formula is C25H33F2NO4S. The summed E-state index contributed by atoms with van der Waals surface area (Å²) in [4.78, 5) is 0. The van der Waals surface area contributed by atoms with Crippen molar-refractivity contribution in [3.05, 3.63) is 90.5 Å². The summed E-state index contributed by atoms with van der Waals surface area (Å²) in [5, 5.41) is 16.6. The predicted octanol–water partition coefficient (Wildman–Crippen LogP) is 5.13. The monoisotopic (exact) mass is 481 g/mol. The molecular weight excluding hydrogens is 448 g/mol. The van der Waals surface area contributed by atoms with Crippen LogP contribution in [0.15, 0.2) is 73.3 Å². The van der Waals surface area contributed by atoms with E-state index in [4.69, 9.17) is 5.11 Å². The number of allylic oxidation sites excluding steroid dienone is 1. The van der Waals surface area contributed by atoms with Gasteiger partial charge in [-0.2, -0.15) is 0 Å². The van der Waals surface area contributed by atoms with Crippen LogP contribution in [0, 0.1) is 11.6 Å². The third kappa shape index (κ3) is 7.22. The summed E-state index contributed by atoms with van der Waals surface area (Å²) < 4.78 is 53.0. The summed E-state index contributed by atoms with van der Waals surface area (Å²) in [6.45, 7) is 11.2. The van der Waals surface area contributed by atoms with Gasteiger partial charge in [-0.1, -0.05) is 37.3 Å². The van der Waals surface area contributed by atoms with Crippen LogP contribution in [0.2, 0.25) is 0 Å². The number of aliphatic hydroxyl groups is 2. The fourth-order valence-electron chi connectivity index (χ4n) is 3.45. The maximum absolute atomic E-state index is 13.2. The molecule has 0 spiro atoms. The Kier molecular flexibility index (Phi) is 11.4. The summed E-state index contributed by atoms with van der Waals surface area (Å²) in [5.41, 5.74) is 1.60. The van der Waals surface area contributed by atoms with Crippen molar-refractivity contribution in [2.45, 2.75) is 50.5 Å². The van der Waals surface area contributed by atoms with Crippen molar-refractivity contribution < 1.29 is 27.4 Å². The van der Waals surface area contributed by atoms with Crippen molar-refractivity contribution in [1.29, 1.82) is 0 Å². The molecule has 0 aliphatic carbocycles. The number of hydrogen-bond acceptors (Lipinski definition) is 4. The van der Waals surface area contributed by atoms with E-state index >= 15 is 0 Å². The van der Waals surface area contributed by atoms with Gasteiger partial charge < -0.3 is 10.2 Å². The third-order valence-corrected chi connectivity index (χ3v) is 7.36. The fourth-order valence-corrected chi connectivity index (χ4v) is 5.72. The van der Waals surface area contributed by atoms with E-state index in [1.165, 1.54) is 52.8 Å². The zero-order valence-corrected chi connectivity index (χ0v) is 20.1. The summed E-state index contributed by atoms with van der Waals surface area (Å²) in [5.74, 6) is -0.840. The van der Waals surface area contributed by atoms with Gasteiger partial charge in [0, 0.05) is 7.11 Å². The maximum Gasteiger partial charge on any atom is 0.241 e. The van der Waals surface area contributed by atoms with Gasteiger partial charge in [-0.3, -0.25) is 4.31 Å². The van der Waals surface area contributed by atoms with Crippen molar-refractivity contribution in [1.82, 2.24) is 0 Å². The molecule has 0 bridgehead atoms. The number of halogens is 2. The van der Waals surface area contributed by atoms with Gasteiger partial charge >= 0.3 is 0 Å². The van der Waals surface area contributed by atoms with Crippen LogP contribution < -0.4 is 4.31 Å². The Labute approximate surface area is 195 Å². The minimum atomic E-state index is -3.63. The number of aliphatic hydroxyl groups excluding tert-OH is 2. The molecule has 1 aliphatic heterocycles. The van der Waals surface area contributed by atoms with Crippen molar-refractivity contribution in [2.24, 2.45) is 0 Å². The second kappa shape index (κ2) is 13.2. The predicted molar refractivity (Wildman–Crippen MR) is 129 cm³/mol. The summed E-state index contributed by atoms with van der Waals surface area (Å²) >= 11 is 0. The zero-order valence-electron chi connectivity index (χ0n) is 19.3. The highest BCUT2D eigenvalue weighted by atomic mass is 32.2. The number of nitrogens with zero attached hydrogens (tertiary/aromatic N) is 1. The van der Waals surface area contributed by atoms with Gasteiger partial charge in [0.2, 0.25) is 10.0 Å². The Morgan fingerprint density at radius 3 is 1.97 bits per heavy atom. The van der Waals surface area contributed by atoms with Crippen molar-refractivity contribution in [3.8, 4) is 0 Å². The normalized spacial score (nSPS) is 19.1. The van der Waals surface area contributed by atoms with Crippen molar-refractivity contribution in [2.75, 3.05) is 11.4 Å². The molecule has 3 unspecified atom stereocenters. The van der Waals surface area contributed by atoms with Gasteiger partial charge in [-0.05, 0) is 68.1 Å². The van der Waals surface area contributed by atoms with Crippen molar-refractivity contribution in [3.63, 3.8) is 0 Å². The van der Waals surface area contributed by atoms with E-state index in [1.54, 1.807) is 6.92 Å². The third-order valence-electron chi connectivity index (χ3n) is 5.12. The van der Waals surface area contributed by atoms with Gasteiger partial charge in [0.25, 0.3) is 0 Å². The molecule has 0 aromatic heterocycles. The SMILES string of the molecule is C=C(C)C1C(CCC(O)c2ccc(F)cc2)S(=O)(=O)N1c1ccc(F)cc1.C=CCC.CO. The van der Waals surface area contributed by atoms with Crippen LogP contribution >= 0.6 is 0 Å². The van der Waals surface area contributed by atoms with Gasteiger partial charge in [-0.15, -0.1) is 6.58 Å². The van der Waals surface area contributed by atoms with Crippen LogP contribution in [0.5, 0.6) is 0 Å². The maximum atomic E-state index is 13.2. The molecule has 1 heterocycles. The first-order valence-electron chi connectivity index (χ1n) is 10.6. The lowest BCUT2D eigenvalue weighted by Crippen LogP contribution is -2.64. The first kappa shape index (κ1) is 28.5. The van der Waals surface area contributed by atoms with Crippen molar-refractivity contribution >= 4 is 15.7 Å². The van der Waals surface area contributed by atoms with Crippen LogP contribution in [0.4, 0.5) is 14.5 Å². The highest BCUT2D eigenvalue weighted by molar-refractivity contribution is 7.95. The highest BCUT2D eigenvalue weighted by Crippen LogP contribution is 2.41. The lowest BCUT2D eigenvalue weighted by molar-refractivity contribution is 0.162. The highest BCUT2D eigenvalue weighted by Gasteiger charge is 2.53. The van der Waals surface area contributed by atoms with Crippen LogP contribution in [0.3, 0.4) is 0 Å². The average Bonchev–Trinajstić information content (AvgIpc) is 2.80. The number of rotatable bonds is 7. The van der Waals surface area contributed by atoms with Gasteiger partial charge in [0.05, 0.1) is 17.8 Å². The van der Waals surface area contributed by atoms with E-state index in [2.05, 4.69) is 20.1 Å². The Morgan fingerprint density at radius 2 is 1.55 bits per heavy atom. The standard InChI is InChI=1S/C20H21F2NO3S.C4H8.CH4O/c1-13(2)20-19(12-11-18(24)14-3-5-15(21)6-4-14)27(25,26)23(20)17-9-7-16(22)8-10-17;1-3-4-2;1-2/h3-10,18-20,24H,1,11-12H2,2H3;3H,1,4H2,2H3;2H,1H3. The lowest BCUT2D eigenvalue weighted by atomic mass is 9.97. The van der Waals surface area contributed by atoms with Crippen LogP contribution in [0.25, 0.3) is 0 Å². The van der Waals surface area contributed by atoms with E-state index < -0.39 is 39.1 Å². The second-order valence-corrected chi connectivity index (χ2v) is 9.52. The molecule has 0 amide bonds. The molecule has 3 atom stereocenters. The van der Waals surface area contributed by atoms with Crippen LogP contribution in [0.1, 0.15) is 44.8 Å². The Morgan fingerprint density at radius 1 is 1.09 bits per heavy atom. The topological polar surface area (TPSA) is 77.8 Å². The fraction of sp³-hybridized carbons (Fsp3) is 0.360. The quantitative estimate of drug-likeness (QED) is 0.538. The Bertz CT molecular complexity index is 992. The molecule has 0 radical (unpaired) electrons. The first-order chi connectivity index (χ1) is 15.6. The molecule has 1 fully saturated rings. The molecule has 3 rings (SSSR count). The summed E-state index contributed by atoms with van der Waals surface area (Å²) in [6.07, 6.45) is 2.53. The van der Waals surface area contributed by atoms with Gasteiger partial charge in [0.1, 0.15) is 16.9 Å². The largest absolute Gasteiger partial charge is 0.400 e. The average molecular weight is 482 g/mol. The summed E-state index contributed by atoms with van der Waals surface area (Å²) in [6, 6.07) is 10.3. The second-order valence-electron chi connectivity index (χ2n) is 7.49.